The first-order chi connectivity index (χ1) is 15.3. The van der Waals surface area contributed by atoms with Crippen molar-refractivity contribution in [3.05, 3.63) is 76.9 Å². The number of nitrogens with zero attached hydrogens (tertiary/aromatic N) is 7. The molecule has 0 atom stereocenters. The van der Waals surface area contributed by atoms with Crippen molar-refractivity contribution < 1.29 is 13.5 Å². The average Bonchev–Trinajstić information content (AvgIpc) is 2.82. The van der Waals surface area contributed by atoms with Crippen LogP contribution in [0, 0.1) is 17.9 Å². The van der Waals surface area contributed by atoms with E-state index in [-0.39, 0.29) is 18.1 Å². The van der Waals surface area contributed by atoms with Gasteiger partial charge in [-0.3, -0.25) is 4.98 Å². The molecule has 0 aliphatic rings. The van der Waals surface area contributed by atoms with Gasteiger partial charge in [0.15, 0.2) is 5.82 Å². The lowest BCUT2D eigenvalue weighted by atomic mass is 10.1. The quantitative estimate of drug-likeness (QED) is 0.411. The minimum Gasteiger partial charge on any atom is -0.470 e. The zero-order chi connectivity index (χ0) is 23.7. The van der Waals surface area contributed by atoms with Crippen LogP contribution < -0.4 is 9.64 Å². The summed E-state index contributed by atoms with van der Waals surface area (Å²) in [5.74, 6) is 0.682. The number of hydrogen-bond acceptors (Lipinski definition) is 7. The Labute approximate surface area is 185 Å². The molecule has 0 aromatic carbocycles. The van der Waals surface area contributed by atoms with Gasteiger partial charge in [-0.15, -0.1) is 10.2 Å². The van der Waals surface area contributed by atoms with Crippen LogP contribution in [0.15, 0.2) is 60.7 Å². The summed E-state index contributed by atoms with van der Waals surface area (Å²) in [6, 6.07) is 8.09. The Hall–Kier alpha value is -4.31. The van der Waals surface area contributed by atoms with Crippen molar-refractivity contribution >= 4 is 11.4 Å². The minimum absolute atomic E-state index is 0.0218. The SMILES string of the molecule is C#[N+]N(C)/C(COc1ccc(N(C=C)/C=C(\C)C#N)nn1)=C(\C)c1ccc(C(F)F)cn1. The second kappa shape index (κ2) is 11.2. The largest absolute Gasteiger partial charge is 0.470 e. The van der Waals surface area contributed by atoms with E-state index in [9.17, 15) is 8.78 Å². The third-order valence-electron chi connectivity index (χ3n) is 4.37. The number of anilines is 1. The number of likely N-dealkylation sites (N-methyl/N-ethyl adjacent to an activating group) is 1. The molecule has 0 saturated heterocycles. The summed E-state index contributed by atoms with van der Waals surface area (Å²) in [4.78, 5) is 9.28. The first-order valence-electron chi connectivity index (χ1n) is 9.35. The van der Waals surface area contributed by atoms with Crippen molar-refractivity contribution in [2.75, 3.05) is 18.6 Å². The van der Waals surface area contributed by atoms with E-state index >= 15 is 0 Å². The molecule has 8 nitrogen and oxygen atoms in total. The van der Waals surface area contributed by atoms with Gasteiger partial charge in [-0.1, -0.05) is 6.58 Å². The van der Waals surface area contributed by atoms with Crippen molar-refractivity contribution in [3.8, 4) is 18.5 Å². The topological polar surface area (TPSA) is 82.5 Å². The third kappa shape index (κ3) is 6.09. The van der Waals surface area contributed by atoms with Crippen molar-refractivity contribution in [2.24, 2.45) is 0 Å². The Bertz CT molecular complexity index is 1080. The Balaban J connectivity index is 2.22. The zero-order valence-electron chi connectivity index (χ0n) is 17.9. The highest BCUT2D eigenvalue weighted by atomic mass is 19.3. The Morgan fingerprint density at radius 3 is 2.56 bits per heavy atom. The number of rotatable bonds is 9. The number of ether oxygens (including phenoxy) is 1. The molecule has 0 unspecified atom stereocenters. The molecular formula is C22H22F2N7O+. The van der Waals surface area contributed by atoms with E-state index in [1.807, 2.05) is 6.07 Å². The summed E-state index contributed by atoms with van der Waals surface area (Å²) in [6.07, 6.45) is 1.61. The van der Waals surface area contributed by atoms with Crippen LogP contribution in [-0.4, -0.2) is 33.8 Å². The van der Waals surface area contributed by atoms with E-state index < -0.39 is 6.43 Å². The Kier molecular flexibility index (Phi) is 8.37. The summed E-state index contributed by atoms with van der Waals surface area (Å²) in [5, 5.41) is 18.4. The van der Waals surface area contributed by atoms with Crippen molar-refractivity contribution in [2.45, 2.75) is 20.3 Å². The first-order valence-corrected chi connectivity index (χ1v) is 9.35. The van der Waals surface area contributed by atoms with Gasteiger partial charge in [-0.25, -0.2) is 8.78 Å². The fourth-order valence-electron chi connectivity index (χ4n) is 2.54. The van der Waals surface area contributed by atoms with Gasteiger partial charge in [0.2, 0.25) is 5.88 Å². The van der Waals surface area contributed by atoms with Crippen LogP contribution in [0.5, 0.6) is 5.88 Å². The molecule has 0 aliphatic carbocycles. The summed E-state index contributed by atoms with van der Waals surface area (Å²) in [5.41, 5.74) is 1.98. The molecule has 10 heteroatoms. The van der Waals surface area contributed by atoms with Crippen LogP contribution in [0.2, 0.25) is 0 Å². The van der Waals surface area contributed by atoms with Crippen LogP contribution in [0.1, 0.15) is 31.5 Å². The smallest absolute Gasteiger partial charge is 0.305 e. The van der Waals surface area contributed by atoms with Gasteiger partial charge in [0.25, 0.3) is 6.43 Å². The molecule has 2 heterocycles. The lowest BCUT2D eigenvalue weighted by Crippen LogP contribution is -2.18. The van der Waals surface area contributed by atoms with E-state index in [1.54, 1.807) is 44.1 Å². The van der Waals surface area contributed by atoms with Crippen LogP contribution in [0.25, 0.3) is 10.5 Å². The number of alkyl halides is 2. The van der Waals surface area contributed by atoms with Crippen LogP contribution in [0.3, 0.4) is 0 Å². The second-order valence-electron chi connectivity index (χ2n) is 6.52. The van der Waals surface area contributed by atoms with Gasteiger partial charge in [0, 0.05) is 41.4 Å². The number of nitriles is 1. The fourth-order valence-corrected chi connectivity index (χ4v) is 2.54. The number of hydrogen-bond donors (Lipinski definition) is 0. The maximum atomic E-state index is 12.8. The maximum absolute atomic E-state index is 12.8. The zero-order valence-corrected chi connectivity index (χ0v) is 17.9. The minimum atomic E-state index is -2.59. The van der Waals surface area contributed by atoms with Gasteiger partial charge in [-0.2, -0.15) is 5.26 Å². The van der Waals surface area contributed by atoms with Gasteiger partial charge in [0.1, 0.15) is 12.3 Å². The molecule has 0 spiro atoms. The van der Waals surface area contributed by atoms with E-state index in [0.29, 0.717) is 28.4 Å². The van der Waals surface area contributed by atoms with Crippen LogP contribution >= 0.6 is 0 Å². The first kappa shape index (κ1) is 24.0. The average molecular weight is 438 g/mol. The highest BCUT2D eigenvalue weighted by Gasteiger charge is 2.19. The summed E-state index contributed by atoms with van der Waals surface area (Å²) < 4.78 is 31.3. The predicted octanol–water partition coefficient (Wildman–Crippen LogP) is 4.81. The highest BCUT2D eigenvalue weighted by molar-refractivity contribution is 5.64. The maximum Gasteiger partial charge on any atom is 0.305 e. The molecular weight excluding hydrogens is 416 g/mol. The fraction of sp³-hybridized carbons (Fsp3) is 0.227. The lowest BCUT2D eigenvalue weighted by Gasteiger charge is -2.15. The van der Waals surface area contributed by atoms with Crippen LogP contribution in [0.4, 0.5) is 14.6 Å². The van der Waals surface area contributed by atoms with Crippen molar-refractivity contribution in [1.29, 1.82) is 5.26 Å². The predicted molar refractivity (Wildman–Crippen MR) is 117 cm³/mol. The molecule has 2 aromatic heterocycles. The molecule has 0 aliphatic heterocycles. The molecule has 2 aromatic rings. The van der Waals surface area contributed by atoms with E-state index in [2.05, 4.69) is 26.7 Å². The monoisotopic (exact) mass is 438 g/mol. The van der Waals surface area contributed by atoms with Gasteiger partial charge in [0.05, 0.1) is 23.8 Å². The second-order valence-corrected chi connectivity index (χ2v) is 6.52. The van der Waals surface area contributed by atoms with E-state index in [1.165, 1.54) is 23.3 Å². The van der Waals surface area contributed by atoms with Crippen molar-refractivity contribution in [3.63, 3.8) is 0 Å². The summed E-state index contributed by atoms with van der Waals surface area (Å²) in [7, 11) is 1.62. The molecule has 0 saturated carbocycles. The molecule has 32 heavy (non-hydrogen) atoms. The van der Waals surface area contributed by atoms with Crippen LogP contribution in [-0.2, 0) is 0 Å². The standard InChI is InChI=1S/C22H22F2N7O/c1-6-31(13-15(2)11-25)20-9-10-21(29-28-20)32-14-19(30(5)26-4)16(3)18-8-7-17(12-27-18)22(23)24/h4,6-10,12-13,22H,1,14H2,2-3,5H3/q+1/b15-13+,19-16+. The normalized spacial score (nSPS) is 11.8. The molecule has 0 fully saturated rings. The van der Waals surface area contributed by atoms with E-state index in [4.69, 9.17) is 16.6 Å². The molecule has 0 amide bonds. The Morgan fingerprint density at radius 1 is 1.31 bits per heavy atom. The third-order valence-corrected chi connectivity index (χ3v) is 4.37. The Morgan fingerprint density at radius 2 is 2.06 bits per heavy atom. The van der Waals surface area contributed by atoms with Crippen molar-refractivity contribution in [1.82, 2.24) is 20.2 Å². The number of halogens is 2. The molecule has 164 valence electrons. The van der Waals surface area contributed by atoms with Gasteiger partial charge >= 0.3 is 6.57 Å². The summed E-state index contributed by atoms with van der Waals surface area (Å²) in [6.45, 7) is 12.5. The van der Waals surface area contributed by atoms with E-state index in [0.717, 1.165) is 6.20 Å². The van der Waals surface area contributed by atoms with Gasteiger partial charge in [-0.05, 0) is 37.1 Å². The molecule has 0 bridgehead atoms. The summed E-state index contributed by atoms with van der Waals surface area (Å²) >= 11 is 0. The lowest BCUT2D eigenvalue weighted by molar-refractivity contribution is 0.151. The van der Waals surface area contributed by atoms with Gasteiger partial charge < -0.3 is 9.64 Å². The number of allylic oxidation sites excluding steroid dienone is 2. The number of pyridine rings is 1. The molecule has 2 rings (SSSR count). The molecule has 0 N–H and O–H groups in total. The molecule has 0 radical (unpaired) electrons. The number of aromatic nitrogens is 3. The highest BCUT2D eigenvalue weighted by Crippen LogP contribution is 2.23.